The van der Waals surface area contributed by atoms with Crippen LogP contribution in [0.3, 0.4) is 0 Å². The predicted octanol–water partition coefficient (Wildman–Crippen LogP) is 3.21. The molecule has 2 rings (SSSR count). The third-order valence-corrected chi connectivity index (χ3v) is 3.50. The molecule has 0 aliphatic heterocycles. The number of unbranched alkanes of at least 4 members (excludes halogenated alkanes) is 1. The standard InChI is InChI=1S/C19H23NO3/c1-22-18-13-6-5-9-16(18)10-7-8-14-20-19(21)15-23-17-11-3-2-4-12-17/h2-6,9,11-13H,7-8,10,14-15H2,1H3,(H,20,21). The number of aryl methyl sites for hydroxylation is 1. The van der Waals surface area contributed by atoms with Gasteiger partial charge in [-0.3, -0.25) is 4.79 Å². The number of methoxy groups -OCH3 is 1. The number of nitrogens with one attached hydrogen (secondary N) is 1. The van der Waals surface area contributed by atoms with Gasteiger partial charge in [-0.05, 0) is 43.0 Å². The highest BCUT2D eigenvalue weighted by Crippen LogP contribution is 2.19. The second-order valence-electron chi connectivity index (χ2n) is 5.22. The SMILES string of the molecule is COc1ccccc1CCCCNC(=O)COc1ccccc1. The Morgan fingerprint density at radius 1 is 1.00 bits per heavy atom. The summed E-state index contributed by atoms with van der Waals surface area (Å²) in [4.78, 5) is 11.7. The molecule has 1 N–H and O–H groups in total. The number of rotatable bonds is 9. The second-order valence-corrected chi connectivity index (χ2v) is 5.22. The molecular weight excluding hydrogens is 290 g/mol. The van der Waals surface area contributed by atoms with Crippen LogP contribution in [0.2, 0.25) is 0 Å². The number of amides is 1. The third-order valence-electron chi connectivity index (χ3n) is 3.50. The van der Waals surface area contributed by atoms with Crippen LogP contribution in [0.4, 0.5) is 0 Å². The predicted molar refractivity (Wildman–Crippen MR) is 90.9 cm³/mol. The number of carbonyl (C=O) groups is 1. The van der Waals surface area contributed by atoms with Crippen molar-refractivity contribution in [2.24, 2.45) is 0 Å². The Balaban J connectivity index is 1.59. The highest BCUT2D eigenvalue weighted by Gasteiger charge is 2.03. The van der Waals surface area contributed by atoms with Gasteiger partial charge < -0.3 is 14.8 Å². The topological polar surface area (TPSA) is 47.6 Å². The van der Waals surface area contributed by atoms with Gasteiger partial charge in [-0.25, -0.2) is 0 Å². The maximum Gasteiger partial charge on any atom is 0.257 e. The maximum atomic E-state index is 11.7. The lowest BCUT2D eigenvalue weighted by Gasteiger charge is -2.09. The fraction of sp³-hybridized carbons (Fsp3) is 0.316. The molecule has 23 heavy (non-hydrogen) atoms. The summed E-state index contributed by atoms with van der Waals surface area (Å²) in [5, 5.41) is 2.87. The van der Waals surface area contributed by atoms with E-state index in [1.807, 2.05) is 48.5 Å². The third kappa shape index (κ3) is 6.02. The van der Waals surface area contributed by atoms with Crippen LogP contribution in [0.5, 0.6) is 11.5 Å². The van der Waals surface area contributed by atoms with E-state index in [1.165, 1.54) is 5.56 Å². The van der Waals surface area contributed by atoms with Crippen LogP contribution in [0.25, 0.3) is 0 Å². The van der Waals surface area contributed by atoms with E-state index in [-0.39, 0.29) is 12.5 Å². The van der Waals surface area contributed by atoms with E-state index in [0.717, 1.165) is 25.0 Å². The smallest absolute Gasteiger partial charge is 0.257 e. The number of hydrogen-bond acceptors (Lipinski definition) is 3. The van der Waals surface area contributed by atoms with E-state index in [0.29, 0.717) is 12.3 Å². The van der Waals surface area contributed by atoms with Crippen molar-refractivity contribution in [3.63, 3.8) is 0 Å². The minimum Gasteiger partial charge on any atom is -0.496 e. The summed E-state index contributed by atoms with van der Waals surface area (Å²) in [7, 11) is 1.69. The van der Waals surface area contributed by atoms with Crippen molar-refractivity contribution >= 4 is 5.91 Å². The molecule has 0 saturated heterocycles. The maximum absolute atomic E-state index is 11.7. The van der Waals surface area contributed by atoms with E-state index in [1.54, 1.807) is 7.11 Å². The van der Waals surface area contributed by atoms with Crippen molar-refractivity contribution in [1.82, 2.24) is 5.32 Å². The van der Waals surface area contributed by atoms with Crippen LogP contribution in [0, 0.1) is 0 Å². The second kappa shape index (κ2) is 9.51. The molecule has 0 spiro atoms. The molecule has 0 bridgehead atoms. The summed E-state index contributed by atoms with van der Waals surface area (Å²) in [6.45, 7) is 0.711. The molecule has 4 heteroatoms. The lowest BCUT2D eigenvalue weighted by molar-refractivity contribution is -0.123. The van der Waals surface area contributed by atoms with E-state index >= 15 is 0 Å². The molecule has 0 heterocycles. The molecule has 0 radical (unpaired) electrons. The van der Waals surface area contributed by atoms with Gasteiger partial charge in [0.15, 0.2) is 6.61 Å². The first kappa shape index (κ1) is 16.9. The summed E-state index contributed by atoms with van der Waals surface area (Å²) in [6, 6.07) is 17.4. The first-order valence-electron chi connectivity index (χ1n) is 7.86. The van der Waals surface area contributed by atoms with E-state index in [9.17, 15) is 4.79 Å². The van der Waals surface area contributed by atoms with Gasteiger partial charge in [0, 0.05) is 6.54 Å². The Morgan fingerprint density at radius 3 is 2.52 bits per heavy atom. The van der Waals surface area contributed by atoms with E-state index in [4.69, 9.17) is 9.47 Å². The summed E-state index contributed by atoms with van der Waals surface area (Å²) < 4.78 is 10.7. The number of carbonyl (C=O) groups excluding carboxylic acids is 1. The summed E-state index contributed by atoms with van der Waals surface area (Å²) in [5.74, 6) is 1.54. The lowest BCUT2D eigenvalue weighted by Crippen LogP contribution is -2.29. The molecule has 0 unspecified atom stereocenters. The highest BCUT2D eigenvalue weighted by atomic mass is 16.5. The zero-order chi connectivity index (χ0) is 16.3. The van der Waals surface area contributed by atoms with Crippen molar-refractivity contribution in [1.29, 1.82) is 0 Å². The van der Waals surface area contributed by atoms with Crippen molar-refractivity contribution in [3.8, 4) is 11.5 Å². The molecule has 122 valence electrons. The molecule has 0 atom stereocenters. The summed E-state index contributed by atoms with van der Waals surface area (Å²) in [6.07, 6.45) is 2.87. The molecule has 2 aromatic rings. The Labute approximate surface area is 137 Å². The summed E-state index contributed by atoms with van der Waals surface area (Å²) >= 11 is 0. The average Bonchev–Trinajstić information content (AvgIpc) is 2.61. The first-order chi connectivity index (χ1) is 11.3. The first-order valence-corrected chi connectivity index (χ1v) is 7.86. The Kier molecular flexibility index (Phi) is 6.98. The average molecular weight is 313 g/mol. The van der Waals surface area contributed by atoms with Gasteiger partial charge in [-0.2, -0.15) is 0 Å². The van der Waals surface area contributed by atoms with Crippen LogP contribution >= 0.6 is 0 Å². The van der Waals surface area contributed by atoms with Crippen LogP contribution in [-0.2, 0) is 11.2 Å². The van der Waals surface area contributed by atoms with Gasteiger partial charge >= 0.3 is 0 Å². The number of hydrogen-bond donors (Lipinski definition) is 1. The molecule has 1 amide bonds. The van der Waals surface area contributed by atoms with Crippen LogP contribution in [-0.4, -0.2) is 26.2 Å². The fourth-order valence-electron chi connectivity index (χ4n) is 2.29. The minimum absolute atomic E-state index is 0.0521. The van der Waals surface area contributed by atoms with Crippen LogP contribution < -0.4 is 14.8 Å². The molecule has 0 fully saturated rings. The zero-order valence-corrected chi connectivity index (χ0v) is 13.5. The van der Waals surface area contributed by atoms with Crippen molar-refractivity contribution in [2.45, 2.75) is 19.3 Å². The Hall–Kier alpha value is -2.49. The molecule has 0 saturated carbocycles. The van der Waals surface area contributed by atoms with Crippen molar-refractivity contribution in [2.75, 3.05) is 20.3 Å². The van der Waals surface area contributed by atoms with Gasteiger partial charge in [0.05, 0.1) is 7.11 Å². The Bertz CT molecular complexity index is 599. The molecular formula is C19H23NO3. The van der Waals surface area contributed by atoms with E-state index in [2.05, 4.69) is 11.4 Å². The van der Waals surface area contributed by atoms with Gasteiger partial charge in [-0.1, -0.05) is 36.4 Å². The quantitative estimate of drug-likeness (QED) is 0.723. The molecule has 0 aliphatic rings. The molecule has 4 nitrogen and oxygen atoms in total. The minimum atomic E-state index is -0.0915. The number of benzene rings is 2. The van der Waals surface area contributed by atoms with Crippen LogP contribution in [0.1, 0.15) is 18.4 Å². The zero-order valence-electron chi connectivity index (χ0n) is 13.5. The molecule has 0 aromatic heterocycles. The van der Waals surface area contributed by atoms with E-state index < -0.39 is 0 Å². The van der Waals surface area contributed by atoms with Crippen molar-refractivity contribution in [3.05, 3.63) is 60.2 Å². The van der Waals surface area contributed by atoms with Gasteiger partial charge in [0.1, 0.15) is 11.5 Å². The van der Waals surface area contributed by atoms with Gasteiger partial charge in [-0.15, -0.1) is 0 Å². The molecule has 0 aliphatic carbocycles. The van der Waals surface area contributed by atoms with Gasteiger partial charge in [0.25, 0.3) is 5.91 Å². The highest BCUT2D eigenvalue weighted by molar-refractivity contribution is 5.77. The van der Waals surface area contributed by atoms with Gasteiger partial charge in [0.2, 0.25) is 0 Å². The summed E-state index contributed by atoms with van der Waals surface area (Å²) in [5.41, 5.74) is 1.20. The largest absolute Gasteiger partial charge is 0.496 e. The monoisotopic (exact) mass is 313 g/mol. The van der Waals surface area contributed by atoms with Crippen molar-refractivity contribution < 1.29 is 14.3 Å². The molecule has 2 aromatic carbocycles. The Morgan fingerprint density at radius 2 is 1.74 bits per heavy atom. The number of para-hydroxylation sites is 2. The van der Waals surface area contributed by atoms with Crippen LogP contribution in [0.15, 0.2) is 54.6 Å². The fourth-order valence-corrected chi connectivity index (χ4v) is 2.29. The normalized spacial score (nSPS) is 10.1. The lowest BCUT2D eigenvalue weighted by atomic mass is 10.1. The number of ether oxygens (including phenoxy) is 2.